The topological polar surface area (TPSA) is 53.6 Å². The van der Waals surface area contributed by atoms with E-state index in [4.69, 9.17) is 0 Å². The number of hydrogen-bond acceptors (Lipinski definition) is 4. The minimum Gasteiger partial charge on any atom is -0.357 e. The third-order valence-corrected chi connectivity index (χ3v) is 4.63. The van der Waals surface area contributed by atoms with Gasteiger partial charge in [0, 0.05) is 17.6 Å². The van der Waals surface area contributed by atoms with Crippen molar-refractivity contribution in [2.75, 3.05) is 5.32 Å². The fourth-order valence-electron chi connectivity index (χ4n) is 2.57. The van der Waals surface area contributed by atoms with E-state index in [-0.39, 0.29) is 5.82 Å². The molecule has 2 aromatic heterocycles. The second-order valence-corrected chi connectivity index (χ2v) is 6.60. The van der Waals surface area contributed by atoms with Gasteiger partial charge in [0.25, 0.3) is 0 Å². The summed E-state index contributed by atoms with van der Waals surface area (Å²) in [7, 11) is 0. The Labute approximate surface area is 142 Å². The van der Waals surface area contributed by atoms with Crippen molar-refractivity contribution in [3.05, 3.63) is 76.7 Å². The van der Waals surface area contributed by atoms with Crippen molar-refractivity contribution in [2.24, 2.45) is 0 Å². The van der Waals surface area contributed by atoms with E-state index >= 15 is 0 Å². The van der Waals surface area contributed by atoms with Crippen molar-refractivity contribution in [3.8, 4) is 0 Å². The summed E-state index contributed by atoms with van der Waals surface area (Å²) >= 11 is 1.52. The predicted octanol–water partition coefficient (Wildman–Crippen LogP) is 4.36. The van der Waals surface area contributed by atoms with Crippen LogP contribution in [0.3, 0.4) is 0 Å². The maximum absolute atomic E-state index is 12.9. The Morgan fingerprint density at radius 3 is 2.71 bits per heavy atom. The Morgan fingerprint density at radius 1 is 1.04 bits per heavy atom. The molecule has 0 bridgehead atoms. The molecule has 4 nitrogen and oxygen atoms in total. The molecule has 0 saturated carbocycles. The molecular formula is C18H15FN4S. The van der Waals surface area contributed by atoms with Crippen molar-refractivity contribution in [2.45, 2.75) is 13.0 Å². The highest BCUT2D eigenvalue weighted by Gasteiger charge is 2.06. The first-order valence-electron chi connectivity index (χ1n) is 7.63. The number of fused-ring (bicyclic) bond motifs is 1. The van der Waals surface area contributed by atoms with Gasteiger partial charge in [-0.1, -0.05) is 41.7 Å². The number of nitrogens with zero attached hydrogens (tertiary/aromatic N) is 2. The average Bonchev–Trinajstić information content (AvgIpc) is 3.21. The standard InChI is InChI=1S/C18H15FN4S/c19-14-7-5-12(6-8-14)9-17-22-23-18(24-17)20-11-15-10-13-3-1-2-4-16(13)21-15/h1-8,10,21H,9,11H2,(H,20,23). The van der Waals surface area contributed by atoms with Crippen LogP contribution in [0, 0.1) is 5.82 Å². The minimum absolute atomic E-state index is 0.225. The molecule has 0 spiro atoms. The largest absolute Gasteiger partial charge is 0.357 e. The third-order valence-electron chi connectivity index (χ3n) is 3.75. The van der Waals surface area contributed by atoms with E-state index in [1.165, 1.54) is 28.9 Å². The van der Waals surface area contributed by atoms with Crippen LogP contribution in [0.1, 0.15) is 16.3 Å². The van der Waals surface area contributed by atoms with E-state index in [1.807, 2.05) is 12.1 Å². The lowest BCUT2D eigenvalue weighted by atomic mass is 10.2. The van der Waals surface area contributed by atoms with Gasteiger partial charge < -0.3 is 10.3 Å². The quantitative estimate of drug-likeness (QED) is 0.568. The molecular weight excluding hydrogens is 323 g/mol. The number of aromatic amines is 1. The molecule has 4 rings (SSSR count). The second kappa shape index (κ2) is 6.41. The predicted molar refractivity (Wildman–Crippen MR) is 94.7 cm³/mol. The first-order valence-corrected chi connectivity index (χ1v) is 8.45. The molecule has 2 aromatic carbocycles. The van der Waals surface area contributed by atoms with Gasteiger partial charge >= 0.3 is 0 Å². The number of H-pyrrole nitrogens is 1. The first-order chi connectivity index (χ1) is 11.8. The van der Waals surface area contributed by atoms with E-state index in [0.717, 1.165) is 26.9 Å². The third kappa shape index (κ3) is 3.28. The highest BCUT2D eigenvalue weighted by Crippen LogP contribution is 2.20. The Bertz CT molecular complexity index is 925. The molecule has 0 unspecified atom stereocenters. The van der Waals surface area contributed by atoms with E-state index < -0.39 is 0 Å². The number of hydrogen-bond donors (Lipinski definition) is 2. The maximum atomic E-state index is 12.9. The lowest BCUT2D eigenvalue weighted by Gasteiger charge is -1.98. The molecule has 120 valence electrons. The van der Waals surface area contributed by atoms with Crippen LogP contribution in [0.25, 0.3) is 10.9 Å². The lowest BCUT2D eigenvalue weighted by molar-refractivity contribution is 0.627. The zero-order chi connectivity index (χ0) is 16.4. The fourth-order valence-corrected chi connectivity index (χ4v) is 3.34. The summed E-state index contributed by atoms with van der Waals surface area (Å²) in [6, 6.07) is 16.8. The molecule has 0 aliphatic rings. The van der Waals surface area contributed by atoms with Gasteiger partial charge in [-0.2, -0.15) is 0 Å². The smallest absolute Gasteiger partial charge is 0.206 e. The van der Waals surface area contributed by atoms with Crippen molar-refractivity contribution in [1.82, 2.24) is 15.2 Å². The normalized spacial score (nSPS) is 11.0. The summed E-state index contributed by atoms with van der Waals surface area (Å²) in [5.41, 5.74) is 3.25. The van der Waals surface area contributed by atoms with Crippen molar-refractivity contribution < 1.29 is 4.39 Å². The fraction of sp³-hybridized carbons (Fsp3) is 0.111. The van der Waals surface area contributed by atoms with Gasteiger partial charge in [-0.25, -0.2) is 4.39 Å². The number of anilines is 1. The second-order valence-electron chi connectivity index (χ2n) is 5.54. The Morgan fingerprint density at radius 2 is 1.88 bits per heavy atom. The van der Waals surface area contributed by atoms with Crippen LogP contribution < -0.4 is 5.32 Å². The number of benzene rings is 2. The number of rotatable bonds is 5. The molecule has 0 saturated heterocycles. The van der Waals surface area contributed by atoms with Gasteiger partial charge in [-0.3, -0.25) is 0 Å². The van der Waals surface area contributed by atoms with Crippen LogP contribution in [-0.2, 0) is 13.0 Å². The van der Waals surface area contributed by atoms with E-state index in [2.05, 4.69) is 38.7 Å². The summed E-state index contributed by atoms with van der Waals surface area (Å²) in [5, 5.41) is 14.5. The Balaban J connectivity index is 1.40. The van der Waals surface area contributed by atoms with E-state index in [0.29, 0.717) is 13.0 Å². The number of para-hydroxylation sites is 1. The molecule has 0 aliphatic heterocycles. The summed E-state index contributed by atoms with van der Waals surface area (Å²) in [4.78, 5) is 3.38. The maximum Gasteiger partial charge on any atom is 0.206 e. The number of halogens is 1. The van der Waals surface area contributed by atoms with E-state index in [1.54, 1.807) is 12.1 Å². The van der Waals surface area contributed by atoms with E-state index in [9.17, 15) is 4.39 Å². The van der Waals surface area contributed by atoms with Crippen LogP contribution in [0.2, 0.25) is 0 Å². The molecule has 24 heavy (non-hydrogen) atoms. The van der Waals surface area contributed by atoms with Crippen LogP contribution in [0.4, 0.5) is 9.52 Å². The SMILES string of the molecule is Fc1ccc(Cc2nnc(NCc3cc4ccccc4[nH]3)s2)cc1. The Kier molecular flexibility index (Phi) is 3.96. The molecule has 2 heterocycles. The molecule has 0 fully saturated rings. The molecule has 0 amide bonds. The first kappa shape index (κ1) is 14.8. The summed E-state index contributed by atoms with van der Waals surface area (Å²) in [5.74, 6) is -0.225. The van der Waals surface area contributed by atoms with Crippen molar-refractivity contribution >= 4 is 27.4 Å². The van der Waals surface area contributed by atoms with Gasteiger partial charge in [-0.05, 0) is 35.2 Å². The number of nitrogens with one attached hydrogen (secondary N) is 2. The van der Waals surface area contributed by atoms with Gasteiger partial charge in [-0.15, -0.1) is 10.2 Å². The molecule has 0 aliphatic carbocycles. The van der Waals surface area contributed by atoms with Crippen molar-refractivity contribution in [1.29, 1.82) is 0 Å². The minimum atomic E-state index is -0.225. The van der Waals surface area contributed by atoms with Crippen LogP contribution in [0.15, 0.2) is 54.6 Å². The highest BCUT2D eigenvalue weighted by atomic mass is 32.1. The zero-order valence-corrected chi connectivity index (χ0v) is 13.6. The molecule has 0 radical (unpaired) electrons. The molecule has 4 aromatic rings. The molecule has 6 heteroatoms. The zero-order valence-electron chi connectivity index (χ0n) is 12.8. The average molecular weight is 338 g/mol. The lowest BCUT2D eigenvalue weighted by Crippen LogP contribution is -1.98. The van der Waals surface area contributed by atoms with Crippen LogP contribution in [-0.4, -0.2) is 15.2 Å². The monoisotopic (exact) mass is 338 g/mol. The molecule has 2 N–H and O–H groups in total. The van der Waals surface area contributed by atoms with Crippen LogP contribution in [0.5, 0.6) is 0 Å². The Hall–Kier alpha value is -2.73. The number of aromatic nitrogens is 3. The highest BCUT2D eigenvalue weighted by molar-refractivity contribution is 7.15. The van der Waals surface area contributed by atoms with Gasteiger partial charge in [0.05, 0.1) is 6.54 Å². The molecule has 0 atom stereocenters. The van der Waals surface area contributed by atoms with Crippen LogP contribution >= 0.6 is 11.3 Å². The van der Waals surface area contributed by atoms with Crippen molar-refractivity contribution in [3.63, 3.8) is 0 Å². The van der Waals surface area contributed by atoms with Gasteiger partial charge in [0.1, 0.15) is 10.8 Å². The summed E-state index contributed by atoms with van der Waals surface area (Å²) < 4.78 is 12.9. The summed E-state index contributed by atoms with van der Waals surface area (Å²) in [6.45, 7) is 0.667. The van der Waals surface area contributed by atoms with Gasteiger partial charge in [0.15, 0.2) is 0 Å². The summed E-state index contributed by atoms with van der Waals surface area (Å²) in [6.07, 6.45) is 0.659. The van der Waals surface area contributed by atoms with Gasteiger partial charge in [0.2, 0.25) is 5.13 Å².